The normalized spacial score (nSPS) is 14.5. The molecule has 0 aromatic carbocycles. The second-order valence-corrected chi connectivity index (χ2v) is 4.54. The molecule has 0 rings (SSSR count). The van der Waals surface area contributed by atoms with E-state index >= 15 is 0 Å². The predicted octanol–water partition coefficient (Wildman–Crippen LogP) is 2.43. The van der Waals surface area contributed by atoms with Crippen molar-refractivity contribution in [2.24, 2.45) is 11.3 Å². The number of carbonyl (C=O) groups excluding carboxylic acids is 1. The van der Waals surface area contributed by atoms with E-state index in [1.165, 1.54) is 0 Å². The zero-order chi connectivity index (χ0) is 12.1. The minimum atomic E-state index is -0.856. The number of nitrogens with zero attached hydrogens (tertiary/aromatic N) is 2. The molecule has 1 amide bonds. The topological polar surface area (TPSA) is 44.1 Å². The van der Waals surface area contributed by atoms with Crippen LogP contribution in [0.15, 0.2) is 0 Å². The van der Waals surface area contributed by atoms with Crippen molar-refractivity contribution in [1.82, 2.24) is 4.90 Å². The third-order valence-electron chi connectivity index (χ3n) is 2.68. The van der Waals surface area contributed by atoms with Gasteiger partial charge in [0.1, 0.15) is 5.41 Å². The van der Waals surface area contributed by atoms with Crippen molar-refractivity contribution < 1.29 is 4.79 Å². The summed E-state index contributed by atoms with van der Waals surface area (Å²) in [6, 6.07) is 2.12. The molecule has 3 nitrogen and oxygen atoms in total. The molecule has 15 heavy (non-hydrogen) atoms. The molecule has 0 N–H and O–H groups in total. The van der Waals surface area contributed by atoms with Crippen LogP contribution >= 0.6 is 0 Å². The first-order chi connectivity index (χ1) is 6.91. The molecule has 0 bridgehead atoms. The van der Waals surface area contributed by atoms with Gasteiger partial charge in [0.2, 0.25) is 5.91 Å². The van der Waals surface area contributed by atoms with E-state index in [9.17, 15) is 4.79 Å². The highest BCUT2D eigenvalue weighted by Gasteiger charge is 2.34. The van der Waals surface area contributed by atoms with Crippen LogP contribution in [-0.4, -0.2) is 23.9 Å². The molecule has 0 aliphatic heterocycles. The van der Waals surface area contributed by atoms with Gasteiger partial charge in [-0.05, 0) is 26.2 Å². The summed E-state index contributed by atoms with van der Waals surface area (Å²) in [4.78, 5) is 13.9. The van der Waals surface area contributed by atoms with Crippen molar-refractivity contribution in [3.05, 3.63) is 0 Å². The lowest BCUT2D eigenvalue weighted by molar-refractivity contribution is -0.138. The van der Waals surface area contributed by atoms with Crippen LogP contribution in [-0.2, 0) is 4.79 Å². The Morgan fingerprint density at radius 2 is 2.00 bits per heavy atom. The highest BCUT2D eigenvalue weighted by atomic mass is 16.2. The largest absolute Gasteiger partial charge is 0.341 e. The van der Waals surface area contributed by atoms with Crippen LogP contribution < -0.4 is 0 Å². The minimum Gasteiger partial charge on any atom is -0.341 e. The van der Waals surface area contributed by atoms with Gasteiger partial charge < -0.3 is 4.90 Å². The number of hydrogen-bond donors (Lipinski definition) is 0. The number of carbonyl (C=O) groups is 1. The number of nitriles is 1. The summed E-state index contributed by atoms with van der Waals surface area (Å²) in [6.45, 7) is 11.1. The Morgan fingerprint density at radius 1 is 1.47 bits per heavy atom. The fourth-order valence-corrected chi connectivity index (χ4v) is 1.42. The van der Waals surface area contributed by atoms with E-state index in [-0.39, 0.29) is 5.91 Å². The molecule has 0 aromatic rings. The van der Waals surface area contributed by atoms with Crippen molar-refractivity contribution in [3.63, 3.8) is 0 Å². The maximum Gasteiger partial charge on any atom is 0.242 e. The Bertz CT molecular complexity index is 255. The molecular weight excluding hydrogens is 188 g/mol. The Morgan fingerprint density at radius 3 is 2.27 bits per heavy atom. The molecule has 0 heterocycles. The molecule has 0 aliphatic carbocycles. The average molecular weight is 210 g/mol. The zero-order valence-electron chi connectivity index (χ0n) is 10.5. The smallest absolute Gasteiger partial charge is 0.242 e. The lowest BCUT2D eigenvalue weighted by Crippen LogP contribution is -2.43. The average Bonchev–Trinajstić information content (AvgIpc) is 2.23. The molecule has 0 spiro atoms. The number of rotatable bonds is 5. The summed E-state index contributed by atoms with van der Waals surface area (Å²) in [5.74, 6) is 0.400. The highest BCUT2D eigenvalue weighted by molar-refractivity contribution is 5.85. The summed E-state index contributed by atoms with van der Waals surface area (Å²) in [5.41, 5.74) is -0.856. The van der Waals surface area contributed by atoms with Gasteiger partial charge in [0.15, 0.2) is 0 Å². The molecule has 0 aliphatic rings. The first kappa shape index (κ1) is 14.0. The molecule has 0 radical (unpaired) electrons. The maximum absolute atomic E-state index is 12.1. The molecule has 86 valence electrons. The third-order valence-corrected chi connectivity index (χ3v) is 2.68. The van der Waals surface area contributed by atoms with Crippen molar-refractivity contribution >= 4 is 5.91 Å². The summed E-state index contributed by atoms with van der Waals surface area (Å²) in [5, 5.41) is 9.04. The summed E-state index contributed by atoms with van der Waals surface area (Å²) >= 11 is 0. The van der Waals surface area contributed by atoms with Gasteiger partial charge in [0.25, 0.3) is 0 Å². The molecule has 0 saturated carbocycles. The van der Waals surface area contributed by atoms with Gasteiger partial charge in [0.05, 0.1) is 6.07 Å². The van der Waals surface area contributed by atoms with Crippen LogP contribution in [0.3, 0.4) is 0 Å². The SMILES string of the molecule is CCN(CC(C)C)C(=O)C(C)(C#N)CC. The second-order valence-electron chi connectivity index (χ2n) is 4.54. The van der Waals surface area contributed by atoms with Gasteiger partial charge in [0, 0.05) is 13.1 Å². The molecule has 0 aromatic heterocycles. The Kier molecular flexibility index (Phi) is 5.35. The van der Waals surface area contributed by atoms with Gasteiger partial charge in [-0.1, -0.05) is 20.8 Å². The summed E-state index contributed by atoms with van der Waals surface area (Å²) in [6.07, 6.45) is 0.566. The first-order valence-electron chi connectivity index (χ1n) is 5.61. The van der Waals surface area contributed by atoms with Gasteiger partial charge >= 0.3 is 0 Å². The molecule has 3 heteroatoms. The van der Waals surface area contributed by atoms with E-state index in [0.717, 1.165) is 6.54 Å². The zero-order valence-corrected chi connectivity index (χ0v) is 10.5. The van der Waals surface area contributed by atoms with E-state index in [1.807, 2.05) is 13.8 Å². The summed E-state index contributed by atoms with van der Waals surface area (Å²) in [7, 11) is 0. The second kappa shape index (κ2) is 5.75. The fourth-order valence-electron chi connectivity index (χ4n) is 1.42. The molecular formula is C12H22N2O. The molecule has 0 fully saturated rings. The Balaban J connectivity index is 4.72. The lowest BCUT2D eigenvalue weighted by atomic mass is 9.87. The quantitative estimate of drug-likeness (QED) is 0.699. The van der Waals surface area contributed by atoms with Gasteiger partial charge in [-0.25, -0.2) is 0 Å². The monoisotopic (exact) mass is 210 g/mol. The van der Waals surface area contributed by atoms with E-state index in [0.29, 0.717) is 18.9 Å². The van der Waals surface area contributed by atoms with Crippen molar-refractivity contribution in [1.29, 1.82) is 5.26 Å². The van der Waals surface area contributed by atoms with Gasteiger partial charge in [-0.15, -0.1) is 0 Å². The van der Waals surface area contributed by atoms with Crippen LogP contribution in [0.25, 0.3) is 0 Å². The van der Waals surface area contributed by atoms with Crippen LogP contribution in [0.5, 0.6) is 0 Å². The maximum atomic E-state index is 12.1. The number of amides is 1. The van der Waals surface area contributed by atoms with Crippen molar-refractivity contribution in [3.8, 4) is 6.07 Å². The first-order valence-corrected chi connectivity index (χ1v) is 5.61. The van der Waals surface area contributed by atoms with E-state index < -0.39 is 5.41 Å². The van der Waals surface area contributed by atoms with Crippen molar-refractivity contribution in [2.75, 3.05) is 13.1 Å². The third kappa shape index (κ3) is 3.54. The van der Waals surface area contributed by atoms with Crippen LogP contribution in [0, 0.1) is 22.7 Å². The van der Waals surface area contributed by atoms with Crippen molar-refractivity contribution in [2.45, 2.75) is 41.0 Å². The van der Waals surface area contributed by atoms with Crippen LogP contribution in [0.1, 0.15) is 41.0 Å². The standard InChI is InChI=1S/C12H22N2O/c1-6-12(5,9-13)11(15)14(7-2)8-10(3)4/h10H,6-8H2,1-5H3. The van der Waals surface area contributed by atoms with E-state index in [4.69, 9.17) is 5.26 Å². The predicted molar refractivity (Wildman–Crippen MR) is 61.1 cm³/mol. The lowest BCUT2D eigenvalue weighted by Gasteiger charge is -2.29. The molecule has 1 atom stereocenters. The van der Waals surface area contributed by atoms with Gasteiger partial charge in [-0.2, -0.15) is 5.26 Å². The fraction of sp³-hybridized carbons (Fsp3) is 0.833. The molecule has 0 saturated heterocycles. The van der Waals surface area contributed by atoms with E-state index in [1.54, 1.807) is 11.8 Å². The minimum absolute atomic E-state index is 0.0382. The van der Waals surface area contributed by atoms with Crippen LogP contribution in [0.4, 0.5) is 0 Å². The van der Waals surface area contributed by atoms with E-state index in [2.05, 4.69) is 19.9 Å². The van der Waals surface area contributed by atoms with Crippen LogP contribution in [0.2, 0.25) is 0 Å². The Labute approximate surface area is 93.1 Å². The van der Waals surface area contributed by atoms with Gasteiger partial charge in [-0.3, -0.25) is 4.79 Å². The summed E-state index contributed by atoms with van der Waals surface area (Å²) < 4.78 is 0. The molecule has 1 unspecified atom stereocenters. The highest BCUT2D eigenvalue weighted by Crippen LogP contribution is 2.23. The Hall–Kier alpha value is -1.04. The number of hydrogen-bond acceptors (Lipinski definition) is 2.